The molecule has 0 unspecified atom stereocenters. The maximum absolute atomic E-state index is 12.8. The van der Waals surface area contributed by atoms with Gasteiger partial charge in [0.1, 0.15) is 10.7 Å². The van der Waals surface area contributed by atoms with Crippen LogP contribution >= 0.6 is 11.3 Å². The number of piperidine rings is 1. The van der Waals surface area contributed by atoms with Gasteiger partial charge >= 0.3 is 0 Å². The number of hydrogen-bond donors (Lipinski definition) is 0. The highest BCUT2D eigenvalue weighted by Gasteiger charge is 2.27. The second-order valence-corrected chi connectivity index (χ2v) is 10.2. The lowest BCUT2D eigenvalue weighted by molar-refractivity contribution is 0.0767. The molecule has 2 aromatic heterocycles. The molecule has 1 amide bonds. The molecule has 2 aromatic rings. The average Bonchev–Trinajstić information content (AvgIpc) is 3.19. The van der Waals surface area contributed by atoms with Crippen LogP contribution in [0.1, 0.15) is 36.0 Å². The van der Waals surface area contributed by atoms with Crippen molar-refractivity contribution in [3.63, 3.8) is 0 Å². The van der Waals surface area contributed by atoms with Crippen molar-refractivity contribution >= 4 is 33.1 Å². The van der Waals surface area contributed by atoms with E-state index in [2.05, 4.69) is 9.88 Å². The van der Waals surface area contributed by atoms with Crippen molar-refractivity contribution in [1.82, 2.24) is 14.2 Å². The molecule has 2 aliphatic rings. The monoisotopic (exact) mass is 434 g/mol. The minimum absolute atomic E-state index is 0.0732. The number of aromatic nitrogens is 1. The maximum Gasteiger partial charge on any atom is 0.254 e. The van der Waals surface area contributed by atoms with Gasteiger partial charge in [-0.05, 0) is 42.8 Å². The molecule has 2 saturated heterocycles. The molecule has 0 aliphatic carbocycles. The third-order valence-corrected chi connectivity index (χ3v) is 8.11. The van der Waals surface area contributed by atoms with Crippen molar-refractivity contribution in [2.75, 3.05) is 44.2 Å². The molecule has 0 saturated carbocycles. The lowest BCUT2D eigenvalue weighted by Crippen LogP contribution is -2.36. The van der Waals surface area contributed by atoms with E-state index in [1.54, 1.807) is 16.4 Å². The summed E-state index contributed by atoms with van der Waals surface area (Å²) in [6.45, 7) is 3.99. The minimum atomic E-state index is -3.46. The topological polar surface area (TPSA) is 73.8 Å². The van der Waals surface area contributed by atoms with Gasteiger partial charge in [-0.2, -0.15) is 15.6 Å². The van der Waals surface area contributed by atoms with E-state index in [0.717, 1.165) is 43.6 Å². The summed E-state index contributed by atoms with van der Waals surface area (Å²) in [4.78, 5) is 21.3. The predicted octanol–water partition coefficient (Wildman–Crippen LogP) is 2.67. The zero-order valence-corrected chi connectivity index (χ0v) is 18.0. The van der Waals surface area contributed by atoms with E-state index < -0.39 is 10.0 Å². The van der Waals surface area contributed by atoms with E-state index in [4.69, 9.17) is 0 Å². The van der Waals surface area contributed by atoms with E-state index >= 15 is 0 Å². The van der Waals surface area contributed by atoms with E-state index in [1.807, 2.05) is 21.7 Å². The fourth-order valence-corrected chi connectivity index (χ4v) is 5.98. The predicted molar refractivity (Wildman–Crippen MR) is 114 cm³/mol. The van der Waals surface area contributed by atoms with Crippen LogP contribution in [-0.4, -0.2) is 67.8 Å². The summed E-state index contributed by atoms with van der Waals surface area (Å²) in [5, 5.41) is 3.80. The van der Waals surface area contributed by atoms with Crippen LogP contribution in [0.25, 0.3) is 0 Å². The summed E-state index contributed by atoms with van der Waals surface area (Å²) in [7, 11) is -3.46. The number of amides is 1. The van der Waals surface area contributed by atoms with Gasteiger partial charge in [0.2, 0.25) is 10.0 Å². The normalized spacial score (nSPS) is 19.2. The molecular weight excluding hydrogens is 408 g/mol. The lowest BCUT2D eigenvalue weighted by atomic mass is 10.2. The van der Waals surface area contributed by atoms with Crippen LogP contribution in [0.5, 0.6) is 0 Å². The molecule has 2 fully saturated rings. The molecule has 0 spiro atoms. The molecule has 2 aliphatic heterocycles. The molecule has 0 N–H and O–H groups in total. The highest BCUT2D eigenvalue weighted by Crippen LogP contribution is 2.22. The van der Waals surface area contributed by atoms with Crippen molar-refractivity contribution in [3.05, 3.63) is 40.7 Å². The van der Waals surface area contributed by atoms with Gasteiger partial charge in [-0.15, -0.1) is 0 Å². The Morgan fingerprint density at radius 3 is 2.45 bits per heavy atom. The molecule has 4 rings (SSSR count). The number of rotatable bonds is 4. The molecule has 4 heterocycles. The first-order chi connectivity index (χ1) is 14.1. The van der Waals surface area contributed by atoms with Gasteiger partial charge in [-0.25, -0.2) is 13.4 Å². The Morgan fingerprint density at radius 1 is 0.931 bits per heavy atom. The average molecular weight is 435 g/mol. The minimum Gasteiger partial charge on any atom is -0.355 e. The number of nitrogens with zero attached hydrogens (tertiary/aromatic N) is 4. The fourth-order valence-electron chi connectivity index (χ4n) is 3.88. The first-order valence-electron chi connectivity index (χ1n) is 10.1. The van der Waals surface area contributed by atoms with E-state index in [9.17, 15) is 13.2 Å². The van der Waals surface area contributed by atoms with Gasteiger partial charge in [0, 0.05) is 50.8 Å². The van der Waals surface area contributed by atoms with Crippen molar-refractivity contribution < 1.29 is 13.2 Å². The first kappa shape index (κ1) is 20.3. The Bertz CT molecular complexity index is 923. The SMILES string of the molecule is O=C(c1ccsc1)N1CCCN(c2ccc(S(=O)(=O)N3CCCCC3)cn2)CC1. The van der Waals surface area contributed by atoms with Crippen molar-refractivity contribution in [2.45, 2.75) is 30.6 Å². The second kappa shape index (κ2) is 8.81. The summed E-state index contributed by atoms with van der Waals surface area (Å²) in [6.07, 6.45) is 5.24. The number of carbonyl (C=O) groups is 1. The Balaban J connectivity index is 1.42. The third-order valence-electron chi connectivity index (χ3n) is 5.55. The highest BCUT2D eigenvalue weighted by molar-refractivity contribution is 7.89. The molecule has 156 valence electrons. The zero-order chi connectivity index (χ0) is 20.3. The summed E-state index contributed by atoms with van der Waals surface area (Å²) < 4.78 is 27.1. The van der Waals surface area contributed by atoms with Crippen LogP contribution in [0, 0.1) is 0 Å². The third kappa shape index (κ3) is 4.46. The molecule has 9 heteroatoms. The molecule has 7 nitrogen and oxygen atoms in total. The summed E-state index contributed by atoms with van der Waals surface area (Å²) in [5.41, 5.74) is 0.744. The maximum atomic E-state index is 12.8. The van der Waals surface area contributed by atoms with Crippen molar-refractivity contribution in [3.8, 4) is 0 Å². The smallest absolute Gasteiger partial charge is 0.254 e. The van der Waals surface area contributed by atoms with Crippen LogP contribution in [0.15, 0.2) is 40.1 Å². The number of carbonyl (C=O) groups excluding carboxylic acids is 1. The van der Waals surface area contributed by atoms with Crippen LogP contribution in [-0.2, 0) is 10.0 Å². The largest absolute Gasteiger partial charge is 0.355 e. The van der Waals surface area contributed by atoms with Crippen LogP contribution < -0.4 is 4.90 Å². The van der Waals surface area contributed by atoms with Crippen molar-refractivity contribution in [2.24, 2.45) is 0 Å². The van der Waals surface area contributed by atoms with Crippen LogP contribution in [0.2, 0.25) is 0 Å². The second-order valence-electron chi connectivity index (χ2n) is 7.46. The number of thiophene rings is 1. The van der Waals surface area contributed by atoms with Gasteiger partial charge in [0.05, 0.1) is 5.56 Å². The summed E-state index contributed by atoms with van der Waals surface area (Å²) in [6, 6.07) is 5.30. The van der Waals surface area contributed by atoms with Gasteiger partial charge in [-0.1, -0.05) is 6.42 Å². The highest BCUT2D eigenvalue weighted by atomic mass is 32.2. The number of anilines is 1. The summed E-state index contributed by atoms with van der Waals surface area (Å²) >= 11 is 1.53. The Hall–Kier alpha value is -1.97. The standard InChI is InChI=1S/C20H26N4O3S2/c25-20(17-7-14-28-16-17)23-9-4-8-22(12-13-23)19-6-5-18(15-21-19)29(26,27)24-10-2-1-3-11-24/h5-7,14-16H,1-4,8-13H2. The Kier molecular flexibility index (Phi) is 6.17. The van der Waals surface area contributed by atoms with Crippen LogP contribution in [0.3, 0.4) is 0 Å². The zero-order valence-electron chi connectivity index (χ0n) is 16.4. The first-order valence-corrected chi connectivity index (χ1v) is 12.5. The summed E-state index contributed by atoms with van der Waals surface area (Å²) in [5.74, 6) is 0.830. The van der Waals surface area contributed by atoms with Gasteiger partial charge in [-0.3, -0.25) is 4.79 Å². The molecule has 0 atom stereocenters. The van der Waals surface area contributed by atoms with E-state index in [-0.39, 0.29) is 10.8 Å². The van der Waals surface area contributed by atoms with Gasteiger partial charge in [0.25, 0.3) is 5.91 Å². The molecule has 29 heavy (non-hydrogen) atoms. The quantitative estimate of drug-likeness (QED) is 0.740. The van der Waals surface area contributed by atoms with Crippen LogP contribution in [0.4, 0.5) is 5.82 Å². The Morgan fingerprint density at radius 2 is 1.76 bits per heavy atom. The molecular formula is C20H26N4O3S2. The lowest BCUT2D eigenvalue weighted by Gasteiger charge is -2.26. The van der Waals surface area contributed by atoms with Gasteiger partial charge in [0.15, 0.2) is 0 Å². The molecule has 0 radical (unpaired) electrons. The Labute approximate surface area is 176 Å². The number of hydrogen-bond acceptors (Lipinski definition) is 6. The fraction of sp³-hybridized carbons (Fsp3) is 0.500. The van der Waals surface area contributed by atoms with E-state index in [0.29, 0.717) is 32.7 Å². The molecule has 0 bridgehead atoms. The van der Waals surface area contributed by atoms with Crippen molar-refractivity contribution in [1.29, 1.82) is 0 Å². The number of sulfonamides is 1. The number of pyridine rings is 1. The molecule has 0 aromatic carbocycles. The van der Waals surface area contributed by atoms with Gasteiger partial charge < -0.3 is 9.80 Å². The van der Waals surface area contributed by atoms with E-state index in [1.165, 1.54) is 17.5 Å².